The smallest absolute Gasteiger partial charge is 0.352 e. The maximum atomic E-state index is 11.8. The Kier molecular flexibility index (Phi) is 3.69. The fourth-order valence-electron chi connectivity index (χ4n) is 2.58. The molecule has 0 unspecified atom stereocenters. The van der Waals surface area contributed by atoms with E-state index in [9.17, 15) is 14.7 Å². The van der Waals surface area contributed by atoms with E-state index >= 15 is 0 Å². The Morgan fingerprint density at radius 3 is 2.56 bits per heavy atom. The monoisotopic (exact) mass is 251 g/mol. The van der Waals surface area contributed by atoms with E-state index < -0.39 is 11.5 Å². The summed E-state index contributed by atoms with van der Waals surface area (Å²) in [4.78, 5) is 22.9. The molecule has 0 radical (unpaired) electrons. The maximum absolute atomic E-state index is 11.8. The quantitative estimate of drug-likeness (QED) is 0.859. The van der Waals surface area contributed by atoms with Gasteiger partial charge in [0.2, 0.25) is 0 Å². The lowest BCUT2D eigenvalue weighted by atomic mass is 9.89. The molecule has 2 rings (SSSR count). The summed E-state index contributed by atoms with van der Waals surface area (Å²) in [5.74, 6) is -1.12. The van der Waals surface area contributed by atoms with Crippen LogP contribution in [0.5, 0.6) is 5.75 Å². The van der Waals surface area contributed by atoms with Crippen molar-refractivity contribution in [1.29, 1.82) is 0 Å². The number of aromatic hydroxyl groups is 1. The summed E-state index contributed by atoms with van der Waals surface area (Å²) in [5, 5.41) is 18.4. The number of carboxylic acid groups (broad SMARTS) is 1. The predicted octanol–water partition coefficient (Wildman–Crippen LogP) is 1.83. The highest BCUT2D eigenvalue weighted by atomic mass is 16.4. The second kappa shape index (κ2) is 5.25. The number of aromatic nitrogens is 1. The molecule has 1 saturated carbocycles. The van der Waals surface area contributed by atoms with Crippen molar-refractivity contribution < 1.29 is 15.0 Å². The first-order chi connectivity index (χ1) is 8.58. The van der Waals surface area contributed by atoms with Crippen LogP contribution in [0.25, 0.3) is 0 Å². The fourth-order valence-corrected chi connectivity index (χ4v) is 2.58. The topological polar surface area (TPSA) is 79.5 Å². The zero-order valence-electron chi connectivity index (χ0n) is 10.1. The van der Waals surface area contributed by atoms with Gasteiger partial charge in [0.1, 0.15) is 11.4 Å². The standard InChI is InChI=1S/C13H17NO4/c15-10-6-11(13(17)18)14(12(16)7-10)8-9-4-2-1-3-5-9/h6-7,9,15H,1-5,8H2,(H,17,18). The largest absolute Gasteiger partial charge is 0.508 e. The highest BCUT2D eigenvalue weighted by Crippen LogP contribution is 2.25. The molecule has 1 aliphatic rings. The van der Waals surface area contributed by atoms with E-state index in [1.54, 1.807) is 0 Å². The third-order valence-electron chi connectivity index (χ3n) is 3.50. The summed E-state index contributed by atoms with van der Waals surface area (Å²) in [7, 11) is 0. The number of carboxylic acids is 1. The molecule has 98 valence electrons. The van der Waals surface area contributed by atoms with Crippen LogP contribution in [0.2, 0.25) is 0 Å². The van der Waals surface area contributed by atoms with Crippen LogP contribution in [-0.2, 0) is 6.54 Å². The molecule has 18 heavy (non-hydrogen) atoms. The second-order valence-corrected chi connectivity index (χ2v) is 4.86. The molecule has 0 atom stereocenters. The summed E-state index contributed by atoms with van der Waals surface area (Å²) in [6.45, 7) is 0.431. The Morgan fingerprint density at radius 2 is 1.94 bits per heavy atom. The van der Waals surface area contributed by atoms with Gasteiger partial charge in [-0.05, 0) is 18.8 Å². The molecule has 0 bridgehead atoms. The van der Waals surface area contributed by atoms with Crippen molar-refractivity contribution in [1.82, 2.24) is 4.57 Å². The third kappa shape index (κ3) is 2.72. The Morgan fingerprint density at radius 1 is 1.28 bits per heavy atom. The average molecular weight is 251 g/mol. The summed E-state index contributed by atoms with van der Waals surface area (Å²) in [5.41, 5.74) is -0.580. The van der Waals surface area contributed by atoms with Gasteiger partial charge in [-0.1, -0.05) is 19.3 Å². The molecular weight excluding hydrogens is 234 g/mol. The van der Waals surface area contributed by atoms with Crippen LogP contribution in [0.3, 0.4) is 0 Å². The molecule has 0 aromatic carbocycles. The Balaban J connectivity index is 2.30. The van der Waals surface area contributed by atoms with E-state index in [0.717, 1.165) is 37.8 Å². The van der Waals surface area contributed by atoms with Crippen LogP contribution in [0, 0.1) is 5.92 Å². The molecular formula is C13H17NO4. The second-order valence-electron chi connectivity index (χ2n) is 4.86. The minimum Gasteiger partial charge on any atom is -0.508 e. The number of aromatic carboxylic acids is 1. The van der Waals surface area contributed by atoms with Gasteiger partial charge in [-0.2, -0.15) is 0 Å². The highest BCUT2D eigenvalue weighted by molar-refractivity contribution is 5.86. The zero-order chi connectivity index (χ0) is 13.1. The first-order valence-electron chi connectivity index (χ1n) is 6.25. The van der Waals surface area contributed by atoms with Crippen molar-refractivity contribution in [3.8, 4) is 5.75 Å². The van der Waals surface area contributed by atoms with Gasteiger partial charge in [-0.25, -0.2) is 4.79 Å². The van der Waals surface area contributed by atoms with Gasteiger partial charge in [0.25, 0.3) is 5.56 Å². The number of nitrogens with zero attached hydrogens (tertiary/aromatic N) is 1. The zero-order valence-corrected chi connectivity index (χ0v) is 10.1. The molecule has 1 aromatic heterocycles. The first-order valence-corrected chi connectivity index (χ1v) is 6.25. The lowest BCUT2D eigenvalue weighted by molar-refractivity contribution is 0.0680. The molecule has 0 spiro atoms. The fraction of sp³-hybridized carbons (Fsp3) is 0.538. The molecule has 1 heterocycles. The van der Waals surface area contributed by atoms with E-state index in [1.807, 2.05) is 0 Å². The molecule has 0 saturated heterocycles. The summed E-state index contributed by atoms with van der Waals surface area (Å²) in [6, 6.07) is 2.20. The number of rotatable bonds is 3. The van der Waals surface area contributed by atoms with Crippen molar-refractivity contribution in [2.24, 2.45) is 5.92 Å². The van der Waals surface area contributed by atoms with Gasteiger partial charge in [0.05, 0.1) is 0 Å². The lowest BCUT2D eigenvalue weighted by Gasteiger charge is -2.23. The van der Waals surface area contributed by atoms with Crippen molar-refractivity contribution in [3.05, 3.63) is 28.2 Å². The van der Waals surface area contributed by atoms with Gasteiger partial charge in [0, 0.05) is 18.7 Å². The normalized spacial score (nSPS) is 16.7. The van der Waals surface area contributed by atoms with Crippen LogP contribution < -0.4 is 5.56 Å². The van der Waals surface area contributed by atoms with Gasteiger partial charge < -0.3 is 14.8 Å². The van der Waals surface area contributed by atoms with Crippen LogP contribution >= 0.6 is 0 Å². The predicted molar refractivity (Wildman–Crippen MR) is 65.9 cm³/mol. The van der Waals surface area contributed by atoms with Crippen LogP contribution in [-0.4, -0.2) is 20.7 Å². The summed E-state index contributed by atoms with van der Waals surface area (Å²) < 4.78 is 1.26. The Bertz CT molecular complexity index is 500. The van der Waals surface area contributed by atoms with Gasteiger partial charge >= 0.3 is 5.97 Å². The molecule has 0 amide bonds. The minimum absolute atomic E-state index is 0.134. The van der Waals surface area contributed by atoms with Gasteiger partial charge in [-0.15, -0.1) is 0 Å². The van der Waals surface area contributed by atoms with E-state index in [0.29, 0.717) is 12.5 Å². The van der Waals surface area contributed by atoms with Gasteiger partial charge in [-0.3, -0.25) is 4.79 Å². The van der Waals surface area contributed by atoms with Crippen molar-refractivity contribution in [2.45, 2.75) is 38.6 Å². The Hall–Kier alpha value is -1.78. The van der Waals surface area contributed by atoms with Crippen molar-refractivity contribution >= 4 is 5.97 Å². The van der Waals surface area contributed by atoms with Gasteiger partial charge in [0.15, 0.2) is 0 Å². The van der Waals surface area contributed by atoms with E-state index in [1.165, 1.54) is 11.0 Å². The van der Waals surface area contributed by atoms with Crippen LogP contribution in [0.4, 0.5) is 0 Å². The molecule has 0 aliphatic heterocycles. The third-order valence-corrected chi connectivity index (χ3v) is 3.50. The SMILES string of the molecule is O=C(O)c1cc(O)cc(=O)n1CC1CCCCC1. The van der Waals surface area contributed by atoms with E-state index in [2.05, 4.69) is 0 Å². The minimum atomic E-state index is -1.18. The Labute approximate surface area is 105 Å². The molecule has 5 nitrogen and oxygen atoms in total. The lowest BCUT2D eigenvalue weighted by Crippen LogP contribution is -2.29. The van der Waals surface area contributed by atoms with E-state index in [-0.39, 0.29) is 11.4 Å². The molecule has 2 N–H and O–H groups in total. The first kappa shape index (κ1) is 12.7. The highest BCUT2D eigenvalue weighted by Gasteiger charge is 2.19. The van der Waals surface area contributed by atoms with Crippen LogP contribution in [0.15, 0.2) is 16.9 Å². The number of hydrogen-bond donors (Lipinski definition) is 2. The van der Waals surface area contributed by atoms with E-state index in [4.69, 9.17) is 5.11 Å². The summed E-state index contributed by atoms with van der Waals surface area (Å²) >= 11 is 0. The molecule has 1 aromatic rings. The number of pyridine rings is 1. The molecule has 1 fully saturated rings. The summed E-state index contributed by atoms with van der Waals surface area (Å²) in [6.07, 6.45) is 5.56. The number of hydrogen-bond acceptors (Lipinski definition) is 3. The molecule has 5 heteroatoms. The maximum Gasteiger partial charge on any atom is 0.352 e. The van der Waals surface area contributed by atoms with Crippen molar-refractivity contribution in [3.63, 3.8) is 0 Å². The van der Waals surface area contributed by atoms with Crippen molar-refractivity contribution in [2.75, 3.05) is 0 Å². The molecule has 1 aliphatic carbocycles. The van der Waals surface area contributed by atoms with Crippen LogP contribution in [0.1, 0.15) is 42.6 Å². The average Bonchev–Trinajstić information content (AvgIpc) is 2.33. The number of carbonyl (C=O) groups is 1.